The van der Waals surface area contributed by atoms with Gasteiger partial charge in [-0.25, -0.2) is 4.98 Å². The van der Waals surface area contributed by atoms with Gasteiger partial charge in [0.2, 0.25) is 5.88 Å². The third kappa shape index (κ3) is 3.85. The summed E-state index contributed by atoms with van der Waals surface area (Å²) in [6.07, 6.45) is 4.93. The highest BCUT2D eigenvalue weighted by molar-refractivity contribution is 7.99. The molecule has 1 atom stereocenters. The van der Waals surface area contributed by atoms with E-state index in [1.165, 1.54) is 10.9 Å². The second-order valence-electron chi connectivity index (χ2n) is 6.31. The summed E-state index contributed by atoms with van der Waals surface area (Å²) in [6.45, 7) is 1.29. The Balaban J connectivity index is 1.30. The van der Waals surface area contributed by atoms with Crippen LogP contribution in [-0.4, -0.2) is 39.6 Å². The maximum Gasteiger partial charge on any atom is 0.252 e. The molecule has 1 aliphatic heterocycles. The number of para-hydroxylation sites is 1. The number of thioether (sulfide) groups is 1. The lowest BCUT2D eigenvalue weighted by Crippen LogP contribution is -2.27. The maximum absolute atomic E-state index is 12.3. The lowest BCUT2D eigenvalue weighted by Gasteiger charge is -2.11. The molecule has 0 aliphatic carbocycles. The number of nitrogens with zero attached hydrogens (tertiary/aromatic N) is 2. The fourth-order valence-corrected chi connectivity index (χ4v) is 4.18. The molecule has 1 unspecified atom stereocenters. The Morgan fingerprint density at radius 3 is 3.00 bits per heavy atom. The lowest BCUT2D eigenvalue weighted by atomic mass is 10.2. The summed E-state index contributed by atoms with van der Waals surface area (Å²) in [6, 6.07) is 13.9. The van der Waals surface area contributed by atoms with Crippen LogP contribution < -0.4 is 10.1 Å². The van der Waals surface area contributed by atoms with Gasteiger partial charge in [0, 0.05) is 42.8 Å². The smallest absolute Gasteiger partial charge is 0.252 e. The van der Waals surface area contributed by atoms with E-state index in [9.17, 15) is 4.79 Å². The van der Waals surface area contributed by atoms with E-state index in [4.69, 9.17) is 4.74 Å². The molecule has 1 N–H and O–H groups in total. The van der Waals surface area contributed by atoms with E-state index in [1.54, 1.807) is 18.3 Å². The van der Waals surface area contributed by atoms with Crippen LogP contribution in [0.5, 0.6) is 5.88 Å². The summed E-state index contributed by atoms with van der Waals surface area (Å²) in [5.74, 6) is 2.63. The Morgan fingerprint density at radius 2 is 2.19 bits per heavy atom. The van der Waals surface area contributed by atoms with E-state index in [0.717, 1.165) is 24.5 Å². The molecule has 1 aliphatic rings. The predicted molar refractivity (Wildman–Crippen MR) is 105 cm³/mol. The van der Waals surface area contributed by atoms with Crippen molar-refractivity contribution in [3.63, 3.8) is 0 Å². The van der Waals surface area contributed by atoms with Gasteiger partial charge in [-0.1, -0.05) is 18.2 Å². The molecule has 0 spiro atoms. The lowest BCUT2D eigenvalue weighted by molar-refractivity contribution is 0.0952. The minimum atomic E-state index is -0.114. The van der Waals surface area contributed by atoms with Gasteiger partial charge in [0.25, 0.3) is 5.91 Å². The molecule has 6 heteroatoms. The third-order valence-electron chi connectivity index (χ3n) is 4.49. The van der Waals surface area contributed by atoms with E-state index >= 15 is 0 Å². The minimum absolute atomic E-state index is 0.114. The van der Waals surface area contributed by atoms with Crippen molar-refractivity contribution >= 4 is 28.6 Å². The molecule has 5 nitrogen and oxygen atoms in total. The van der Waals surface area contributed by atoms with E-state index in [1.807, 2.05) is 30.1 Å². The van der Waals surface area contributed by atoms with Crippen molar-refractivity contribution in [1.29, 1.82) is 0 Å². The van der Waals surface area contributed by atoms with Gasteiger partial charge in [-0.3, -0.25) is 4.79 Å². The molecule has 0 radical (unpaired) electrons. The molecule has 26 heavy (non-hydrogen) atoms. The first-order valence-electron chi connectivity index (χ1n) is 8.82. The summed E-state index contributed by atoms with van der Waals surface area (Å²) in [5.41, 5.74) is 1.73. The van der Waals surface area contributed by atoms with Crippen LogP contribution in [0.4, 0.5) is 0 Å². The Bertz CT molecular complexity index is 885. The zero-order valence-corrected chi connectivity index (χ0v) is 15.2. The quantitative estimate of drug-likeness (QED) is 0.726. The SMILES string of the molecule is O=C(NCCn1ccc2ccccc21)c1ccc(OC2CCSC2)nc1. The highest BCUT2D eigenvalue weighted by Crippen LogP contribution is 2.22. The predicted octanol–water partition coefficient (Wildman–Crippen LogP) is 3.35. The highest BCUT2D eigenvalue weighted by atomic mass is 32.2. The number of aromatic nitrogens is 2. The Kier molecular flexibility index (Phi) is 5.11. The first-order chi connectivity index (χ1) is 12.8. The number of hydrogen-bond acceptors (Lipinski definition) is 4. The van der Waals surface area contributed by atoms with Gasteiger partial charge in [-0.2, -0.15) is 11.8 Å². The number of pyridine rings is 1. The number of amides is 1. The van der Waals surface area contributed by atoms with Crippen LogP contribution >= 0.6 is 11.8 Å². The zero-order chi connectivity index (χ0) is 17.8. The van der Waals surface area contributed by atoms with Crippen molar-refractivity contribution in [2.75, 3.05) is 18.1 Å². The molecular weight excluding hydrogens is 346 g/mol. The summed E-state index contributed by atoms with van der Waals surface area (Å²) >= 11 is 1.90. The molecule has 1 aromatic carbocycles. The number of ether oxygens (including phenoxy) is 1. The Labute approximate surface area is 156 Å². The van der Waals surface area contributed by atoms with Gasteiger partial charge in [0.1, 0.15) is 6.10 Å². The van der Waals surface area contributed by atoms with Crippen LogP contribution in [0.2, 0.25) is 0 Å². The first kappa shape index (κ1) is 17.0. The topological polar surface area (TPSA) is 56.2 Å². The summed E-state index contributed by atoms with van der Waals surface area (Å²) < 4.78 is 7.96. The summed E-state index contributed by atoms with van der Waals surface area (Å²) in [5, 5.41) is 4.16. The largest absolute Gasteiger partial charge is 0.473 e. The summed E-state index contributed by atoms with van der Waals surface area (Å²) in [4.78, 5) is 16.6. The number of nitrogens with one attached hydrogen (secondary N) is 1. The molecule has 4 rings (SSSR count). The van der Waals surface area contributed by atoms with Crippen molar-refractivity contribution < 1.29 is 9.53 Å². The van der Waals surface area contributed by atoms with Crippen molar-refractivity contribution in [1.82, 2.24) is 14.9 Å². The van der Waals surface area contributed by atoms with Gasteiger partial charge in [0.15, 0.2) is 0 Å². The Hall–Kier alpha value is -2.47. The fourth-order valence-electron chi connectivity index (χ4n) is 3.09. The number of carbonyl (C=O) groups is 1. The van der Waals surface area contributed by atoms with E-state index in [2.05, 4.69) is 33.1 Å². The van der Waals surface area contributed by atoms with Crippen LogP contribution in [0.3, 0.4) is 0 Å². The minimum Gasteiger partial charge on any atom is -0.473 e. The molecule has 1 amide bonds. The average Bonchev–Trinajstić information content (AvgIpc) is 3.32. The van der Waals surface area contributed by atoms with Gasteiger partial charge in [-0.15, -0.1) is 0 Å². The molecule has 0 bridgehead atoms. The van der Waals surface area contributed by atoms with Crippen LogP contribution in [0.25, 0.3) is 10.9 Å². The molecule has 3 heterocycles. The van der Waals surface area contributed by atoms with Gasteiger partial charge in [0.05, 0.1) is 5.56 Å². The molecule has 1 fully saturated rings. The molecule has 134 valence electrons. The van der Waals surface area contributed by atoms with Crippen molar-refractivity contribution in [2.24, 2.45) is 0 Å². The standard InChI is InChI=1S/C20H21N3O2S/c24-20(16-5-6-19(22-13-16)25-17-8-12-26-14-17)21-9-11-23-10-7-15-3-1-2-4-18(15)23/h1-7,10,13,17H,8-9,11-12,14H2,(H,21,24). The second kappa shape index (κ2) is 7.83. The van der Waals surface area contributed by atoms with Crippen LogP contribution in [0, 0.1) is 0 Å². The zero-order valence-electron chi connectivity index (χ0n) is 14.4. The summed E-state index contributed by atoms with van der Waals surface area (Å²) in [7, 11) is 0. The normalized spacial score (nSPS) is 16.7. The van der Waals surface area contributed by atoms with Crippen LogP contribution in [0.1, 0.15) is 16.8 Å². The van der Waals surface area contributed by atoms with E-state index in [-0.39, 0.29) is 12.0 Å². The van der Waals surface area contributed by atoms with E-state index in [0.29, 0.717) is 18.0 Å². The third-order valence-corrected chi connectivity index (χ3v) is 5.62. The molecule has 2 aromatic heterocycles. The van der Waals surface area contributed by atoms with Crippen molar-refractivity contribution in [3.05, 3.63) is 60.4 Å². The van der Waals surface area contributed by atoms with Crippen molar-refractivity contribution in [3.8, 4) is 5.88 Å². The molecule has 0 saturated carbocycles. The van der Waals surface area contributed by atoms with E-state index < -0.39 is 0 Å². The average molecular weight is 367 g/mol. The van der Waals surface area contributed by atoms with Crippen LogP contribution in [-0.2, 0) is 6.54 Å². The van der Waals surface area contributed by atoms with Gasteiger partial charge >= 0.3 is 0 Å². The fraction of sp³-hybridized carbons (Fsp3) is 0.300. The van der Waals surface area contributed by atoms with Crippen molar-refractivity contribution in [2.45, 2.75) is 19.1 Å². The number of hydrogen-bond donors (Lipinski definition) is 1. The Morgan fingerprint density at radius 1 is 1.27 bits per heavy atom. The molecule has 3 aromatic rings. The number of rotatable bonds is 6. The second-order valence-corrected chi connectivity index (χ2v) is 7.46. The van der Waals surface area contributed by atoms with Crippen LogP contribution in [0.15, 0.2) is 54.9 Å². The monoisotopic (exact) mass is 367 g/mol. The number of benzene rings is 1. The van der Waals surface area contributed by atoms with Gasteiger partial charge < -0.3 is 14.6 Å². The first-order valence-corrected chi connectivity index (χ1v) is 9.97. The number of fused-ring (bicyclic) bond motifs is 1. The molecule has 1 saturated heterocycles. The van der Waals surface area contributed by atoms with Gasteiger partial charge in [-0.05, 0) is 35.8 Å². The maximum atomic E-state index is 12.3. The highest BCUT2D eigenvalue weighted by Gasteiger charge is 2.17. The molecular formula is C20H21N3O2S. The number of carbonyl (C=O) groups excluding carboxylic acids is 1.